The lowest BCUT2D eigenvalue weighted by Crippen LogP contribution is -2.03. The van der Waals surface area contributed by atoms with Crippen LogP contribution >= 0.6 is 0 Å². The summed E-state index contributed by atoms with van der Waals surface area (Å²) in [7, 11) is 1.67. The first-order valence-electron chi connectivity index (χ1n) is 7.83. The van der Waals surface area contributed by atoms with E-state index in [2.05, 4.69) is 43.4 Å². The fourth-order valence-corrected chi connectivity index (χ4v) is 2.24. The van der Waals surface area contributed by atoms with Crippen LogP contribution in [-0.2, 0) is 6.54 Å². The SMILES string of the molecule is CCCCOc1cc(CNc2ccccc2C)ccc1OC. The molecule has 118 valence electrons. The first-order chi connectivity index (χ1) is 10.7. The van der Waals surface area contributed by atoms with E-state index < -0.39 is 0 Å². The highest BCUT2D eigenvalue weighted by molar-refractivity contribution is 5.51. The monoisotopic (exact) mass is 299 g/mol. The standard InChI is InChI=1S/C19H25NO2/c1-4-5-12-22-19-13-16(10-11-18(19)21-3)14-20-17-9-7-6-8-15(17)2/h6-11,13,20H,4-5,12,14H2,1-3H3. The van der Waals surface area contributed by atoms with E-state index in [1.54, 1.807) is 7.11 Å². The molecule has 0 aromatic heterocycles. The quantitative estimate of drug-likeness (QED) is 0.711. The van der Waals surface area contributed by atoms with Gasteiger partial charge in [-0.1, -0.05) is 37.6 Å². The van der Waals surface area contributed by atoms with Gasteiger partial charge in [0.15, 0.2) is 11.5 Å². The number of hydrogen-bond acceptors (Lipinski definition) is 3. The normalized spacial score (nSPS) is 10.3. The summed E-state index contributed by atoms with van der Waals surface area (Å²) < 4.78 is 11.2. The third-order valence-corrected chi connectivity index (χ3v) is 3.61. The van der Waals surface area contributed by atoms with Crippen LogP contribution in [0.5, 0.6) is 11.5 Å². The number of methoxy groups -OCH3 is 1. The molecule has 2 rings (SSSR count). The molecule has 0 unspecified atom stereocenters. The summed E-state index contributed by atoms with van der Waals surface area (Å²) in [5.41, 5.74) is 3.58. The first-order valence-corrected chi connectivity index (χ1v) is 7.83. The molecule has 0 aliphatic heterocycles. The van der Waals surface area contributed by atoms with Crippen LogP contribution in [0, 0.1) is 6.92 Å². The van der Waals surface area contributed by atoms with Crippen LogP contribution in [-0.4, -0.2) is 13.7 Å². The zero-order valence-electron chi connectivity index (χ0n) is 13.7. The lowest BCUT2D eigenvalue weighted by atomic mass is 10.1. The minimum Gasteiger partial charge on any atom is -0.493 e. The zero-order chi connectivity index (χ0) is 15.8. The Morgan fingerprint density at radius 2 is 1.86 bits per heavy atom. The number of anilines is 1. The molecule has 0 radical (unpaired) electrons. The molecule has 0 atom stereocenters. The van der Waals surface area contributed by atoms with Crippen molar-refractivity contribution in [3.8, 4) is 11.5 Å². The van der Waals surface area contributed by atoms with E-state index >= 15 is 0 Å². The first kappa shape index (κ1) is 16.2. The highest BCUT2D eigenvalue weighted by Crippen LogP contribution is 2.28. The largest absolute Gasteiger partial charge is 0.493 e. The average Bonchev–Trinajstić information content (AvgIpc) is 2.54. The van der Waals surface area contributed by atoms with Gasteiger partial charge in [0.05, 0.1) is 13.7 Å². The van der Waals surface area contributed by atoms with Gasteiger partial charge in [0, 0.05) is 12.2 Å². The maximum atomic E-state index is 5.83. The second-order valence-corrected chi connectivity index (χ2v) is 5.36. The average molecular weight is 299 g/mol. The van der Waals surface area contributed by atoms with Crippen LogP contribution in [0.15, 0.2) is 42.5 Å². The van der Waals surface area contributed by atoms with Crippen molar-refractivity contribution in [2.45, 2.75) is 33.2 Å². The topological polar surface area (TPSA) is 30.5 Å². The Bertz CT molecular complexity index is 596. The number of unbranched alkanes of at least 4 members (excludes halogenated alkanes) is 1. The Labute approximate surface area is 133 Å². The molecule has 0 saturated carbocycles. The lowest BCUT2D eigenvalue weighted by molar-refractivity contribution is 0.288. The predicted octanol–water partition coefficient (Wildman–Crippen LogP) is 4.79. The van der Waals surface area contributed by atoms with Gasteiger partial charge in [-0.05, 0) is 42.7 Å². The summed E-state index contributed by atoms with van der Waals surface area (Å²) in [6, 6.07) is 14.4. The second kappa shape index (κ2) is 8.32. The van der Waals surface area contributed by atoms with Gasteiger partial charge in [0.1, 0.15) is 0 Å². The summed E-state index contributed by atoms with van der Waals surface area (Å²) in [6.07, 6.45) is 2.17. The van der Waals surface area contributed by atoms with Crippen molar-refractivity contribution in [3.05, 3.63) is 53.6 Å². The molecule has 0 aliphatic rings. The van der Waals surface area contributed by atoms with Crippen molar-refractivity contribution < 1.29 is 9.47 Å². The van der Waals surface area contributed by atoms with E-state index in [4.69, 9.17) is 9.47 Å². The van der Waals surface area contributed by atoms with Crippen LogP contribution < -0.4 is 14.8 Å². The van der Waals surface area contributed by atoms with Gasteiger partial charge in [0.25, 0.3) is 0 Å². The molecule has 3 nitrogen and oxygen atoms in total. The Morgan fingerprint density at radius 3 is 2.59 bits per heavy atom. The number of para-hydroxylation sites is 1. The van der Waals surface area contributed by atoms with Gasteiger partial charge in [0.2, 0.25) is 0 Å². The van der Waals surface area contributed by atoms with Crippen molar-refractivity contribution in [1.29, 1.82) is 0 Å². The van der Waals surface area contributed by atoms with Crippen LogP contribution in [0.1, 0.15) is 30.9 Å². The van der Waals surface area contributed by atoms with E-state index in [9.17, 15) is 0 Å². The molecule has 0 heterocycles. The molecule has 22 heavy (non-hydrogen) atoms. The number of rotatable bonds is 8. The molecule has 2 aromatic rings. The Balaban J connectivity index is 2.04. The molecule has 2 aromatic carbocycles. The van der Waals surface area contributed by atoms with E-state index in [0.29, 0.717) is 0 Å². The molecule has 0 aliphatic carbocycles. The molecule has 1 N–H and O–H groups in total. The molecule has 0 amide bonds. The second-order valence-electron chi connectivity index (χ2n) is 5.36. The summed E-state index contributed by atoms with van der Waals surface area (Å²) in [5.74, 6) is 1.61. The summed E-state index contributed by atoms with van der Waals surface area (Å²) >= 11 is 0. The Morgan fingerprint density at radius 1 is 1.05 bits per heavy atom. The minimum atomic E-state index is 0.724. The number of aryl methyl sites for hydroxylation is 1. The highest BCUT2D eigenvalue weighted by atomic mass is 16.5. The Hall–Kier alpha value is -2.16. The Kier molecular flexibility index (Phi) is 6.13. The third-order valence-electron chi connectivity index (χ3n) is 3.61. The smallest absolute Gasteiger partial charge is 0.161 e. The van der Waals surface area contributed by atoms with E-state index in [0.717, 1.165) is 43.2 Å². The van der Waals surface area contributed by atoms with Gasteiger partial charge < -0.3 is 14.8 Å². The third kappa shape index (κ3) is 4.42. The van der Waals surface area contributed by atoms with E-state index in [1.165, 1.54) is 11.1 Å². The zero-order valence-corrected chi connectivity index (χ0v) is 13.7. The number of nitrogens with one attached hydrogen (secondary N) is 1. The van der Waals surface area contributed by atoms with E-state index in [1.807, 2.05) is 18.2 Å². The van der Waals surface area contributed by atoms with Crippen molar-refractivity contribution in [2.24, 2.45) is 0 Å². The molecule has 0 spiro atoms. The van der Waals surface area contributed by atoms with Gasteiger partial charge in [-0.15, -0.1) is 0 Å². The van der Waals surface area contributed by atoms with Crippen LogP contribution in [0.25, 0.3) is 0 Å². The molecule has 0 bridgehead atoms. The van der Waals surface area contributed by atoms with Crippen molar-refractivity contribution in [3.63, 3.8) is 0 Å². The summed E-state index contributed by atoms with van der Waals surface area (Å²) in [4.78, 5) is 0. The fraction of sp³-hybridized carbons (Fsp3) is 0.368. The number of ether oxygens (including phenoxy) is 2. The van der Waals surface area contributed by atoms with Gasteiger partial charge in [-0.25, -0.2) is 0 Å². The molecule has 0 saturated heterocycles. The minimum absolute atomic E-state index is 0.724. The maximum Gasteiger partial charge on any atom is 0.161 e. The van der Waals surface area contributed by atoms with Crippen LogP contribution in [0.4, 0.5) is 5.69 Å². The van der Waals surface area contributed by atoms with Crippen molar-refractivity contribution >= 4 is 5.69 Å². The molecular formula is C19H25NO2. The fourth-order valence-electron chi connectivity index (χ4n) is 2.24. The van der Waals surface area contributed by atoms with Crippen molar-refractivity contribution in [1.82, 2.24) is 0 Å². The van der Waals surface area contributed by atoms with Gasteiger partial charge >= 0.3 is 0 Å². The number of hydrogen-bond donors (Lipinski definition) is 1. The molecular weight excluding hydrogens is 274 g/mol. The van der Waals surface area contributed by atoms with Gasteiger partial charge in [-0.2, -0.15) is 0 Å². The maximum absolute atomic E-state index is 5.83. The van der Waals surface area contributed by atoms with Crippen LogP contribution in [0.2, 0.25) is 0 Å². The predicted molar refractivity (Wildman–Crippen MR) is 91.9 cm³/mol. The van der Waals surface area contributed by atoms with E-state index in [-0.39, 0.29) is 0 Å². The molecule has 3 heteroatoms. The number of benzene rings is 2. The van der Waals surface area contributed by atoms with Crippen molar-refractivity contribution in [2.75, 3.05) is 19.0 Å². The molecule has 0 fully saturated rings. The van der Waals surface area contributed by atoms with Crippen LogP contribution in [0.3, 0.4) is 0 Å². The summed E-state index contributed by atoms with van der Waals surface area (Å²) in [6.45, 7) is 5.75. The van der Waals surface area contributed by atoms with Gasteiger partial charge in [-0.3, -0.25) is 0 Å². The summed E-state index contributed by atoms with van der Waals surface area (Å²) in [5, 5.41) is 3.46. The highest BCUT2D eigenvalue weighted by Gasteiger charge is 2.06. The lowest BCUT2D eigenvalue weighted by Gasteiger charge is -2.13.